The highest BCUT2D eigenvalue weighted by molar-refractivity contribution is 5.88. The van der Waals surface area contributed by atoms with Crippen molar-refractivity contribution in [3.63, 3.8) is 0 Å². The maximum absolute atomic E-state index is 13.4. The molecular formula is C23H29F3N4O3. The minimum Gasteiger partial charge on any atom is -0.372 e. The number of likely N-dealkylation sites (tertiary alicyclic amines) is 1. The Morgan fingerprint density at radius 2 is 1.94 bits per heavy atom. The van der Waals surface area contributed by atoms with Crippen LogP contribution in [0.3, 0.4) is 0 Å². The lowest BCUT2D eigenvalue weighted by molar-refractivity contribution is -0.145. The van der Waals surface area contributed by atoms with Crippen molar-refractivity contribution >= 4 is 17.5 Å². The number of benzene rings is 1. The molecule has 0 saturated carbocycles. The molecule has 2 aliphatic heterocycles. The summed E-state index contributed by atoms with van der Waals surface area (Å²) >= 11 is 0. The smallest absolute Gasteiger partial charge is 0.372 e. The predicted molar refractivity (Wildman–Crippen MR) is 115 cm³/mol. The van der Waals surface area contributed by atoms with Crippen molar-refractivity contribution < 1.29 is 27.5 Å². The predicted octanol–water partition coefficient (Wildman–Crippen LogP) is 2.89. The Morgan fingerprint density at radius 3 is 2.48 bits per heavy atom. The molecule has 0 aliphatic carbocycles. The number of anilines is 1. The molecule has 1 aromatic rings. The van der Waals surface area contributed by atoms with Gasteiger partial charge >= 0.3 is 6.18 Å². The third kappa shape index (κ3) is 5.24. The summed E-state index contributed by atoms with van der Waals surface area (Å²) in [5.41, 5.74) is -1.19. The van der Waals surface area contributed by atoms with Crippen LogP contribution < -0.4 is 4.90 Å². The summed E-state index contributed by atoms with van der Waals surface area (Å²) < 4.78 is 45.3. The number of hydrogen-bond donors (Lipinski definition) is 0. The first-order chi connectivity index (χ1) is 15.5. The number of carbonyl (C=O) groups is 2. The van der Waals surface area contributed by atoms with Crippen molar-refractivity contribution in [3.8, 4) is 6.07 Å². The maximum Gasteiger partial charge on any atom is 0.417 e. The highest BCUT2D eigenvalue weighted by Crippen LogP contribution is 2.45. The van der Waals surface area contributed by atoms with Crippen LogP contribution in [-0.4, -0.2) is 74.6 Å². The van der Waals surface area contributed by atoms with Gasteiger partial charge in [0.25, 0.3) is 0 Å². The first-order valence-electron chi connectivity index (χ1n) is 11.0. The van der Waals surface area contributed by atoms with Crippen molar-refractivity contribution in [2.75, 3.05) is 51.8 Å². The Bertz CT molecular complexity index is 934. The molecule has 0 bridgehead atoms. The average molecular weight is 467 g/mol. The van der Waals surface area contributed by atoms with Crippen molar-refractivity contribution in [3.05, 3.63) is 29.3 Å². The van der Waals surface area contributed by atoms with E-state index in [1.165, 1.54) is 17.0 Å². The van der Waals surface area contributed by atoms with Crippen LogP contribution in [0.1, 0.15) is 37.3 Å². The van der Waals surface area contributed by atoms with Crippen molar-refractivity contribution in [2.45, 2.75) is 38.4 Å². The minimum atomic E-state index is -4.61. The molecule has 0 N–H and O–H groups in total. The lowest BCUT2D eigenvalue weighted by Gasteiger charge is -2.40. The molecule has 1 spiro atoms. The highest BCUT2D eigenvalue weighted by Gasteiger charge is 2.50. The Labute approximate surface area is 191 Å². The lowest BCUT2D eigenvalue weighted by Crippen LogP contribution is -2.47. The number of amides is 2. The Balaban J connectivity index is 1.77. The van der Waals surface area contributed by atoms with E-state index >= 15 is 0 Å². The molecule has 2 fully saturated rings. The zero-order valence-electron chi connectivity index (χ0n) is 19.1. The average Bonchev–Trinajstić information content (AvgIpc) is 3.15. The molecule has 7 nitrogen and oxygen atoms in total. The quantitative estimate of drug-likeness (QED) is 0.667. The maximum atomic E-state index is 13.4. The van der Waals surface area contributed by atoms with Gasteiger partial charge in [-0.05, 0) is 49.8 Å². The summed E-state index contributed by atoms with van der Waals surface area (Å²) in [6, 6.07) is 4.81. The van der Waals surface area contributed by atoms with E-state index in [2.05, 4.69) is 0 Å². The second kappa shape index (κ2) is 9.59. The largest absolute Gasteiger partial charge is 0.417 e. The van der Waals surface area contributed by atoms with Crippen molar-refractivity contribution in [2.24, 2.45) is 5.41 Å². The molecule has 33 heavy (non-hydrogen) atoms. The fourth-order valence-corrected chi connectivity index (χ4v) is 4.77. The van der Waals surface area contributed by atoms with Gasteiger partial charge in [0.15, 0.2) is 0 Å². The van der Waals surface area contributed by atoms with Crippen LogP contribution in [0.5, 0.6) is 0 Å². The van der Waals surface area contributed by atoms with Crippen LogP contribution in [0.25, 0.3) is 0 Å². The highest BCUT2D eigenvalue weighted by atomic mass is 19.4. The molecule has 1 aromatic carbocycles. The monoisotopic (exact) mass is 466 g/mol. The first kappa shape index (κ1) is 24.8. The van der Waals surface area contributed by atoms with E-state index in [-0.39, 0.29) is 23.8 Å². The summed E-state index contributed by atoms with van der Waals surface area (Å²) in [7, 11) is 3.31. The molecule has 0 radical (unpaired) electrons. The van der Waals surface area contributed by atoms with Crippen LogP contribution in [0, 0.1) is 16.7 Å². The standard InChI is InChI=1S/C23H29F3N4O3/c1-4-33-14-20(31)30-15-22(12-19(30)21(32)28(2)3)7-9-29(10-8-22)17-6-5-16(13-27)18(11-17)23(24,25)26/h5-6,11,19H,4,7-10,12,14-15H2,1-3H3. The molecular weight excluding hydrogens is 437 g/mol. The molecule has 180 valence electrons. The number of hydrogen-bond acceptors (Lipinski definition) is 5. The van der Waals surface area contributed by atoms with E-state index in [4.69, 9.17) is 10.00 Å². The SMILES string of the molecule is CCOCC(=O)N1CC2(CCN(c3ccc(C#N)c(C(F)(F)F)c3)CC2)CC1C(=O)N(C)C. The Kier molecular flexibility index (Phi) is 7.22. The van der Waals surface area contributed by atoms with Crippen LogP contribution in [0.15, 0.2) is 18.2 Å². The van der Waals surface area contributed by atoms with Gasteiger partial charge in [-0.2, -0.15) is 18.4 Å². The third-order valence-corrected chi connectivity index (χ3v) is 6.60. The summed E-state index contributed by atoms with van der Waals surface area (Å²) in [6.45, 7) is 3.54. The Hall–Kier alpha value is -2.80. The molecule has 1 atom stereocenters. The molecule has 2 amide bonds. The zero-order valence-corrected chi connectivity index (χ0v) is 19.1. The molecule has 0 aromatic heterocycles. The van der Waals surface area contributed by atoms with Gasteiger partial charge in [0.2, 0.25) is 11.8 Å². The van der Waals surface area contributed by atoms with Gasteiger partial charge in [0.1, 0.15) is 12.6 Å². The third-order valence-electron chi connectivity index (χ3n) is 6.60. The molecule has 1 unspecified atom stereocenters. The van der Waals surface area contributed by atoms with E-state index < -0.39 is 23.3 Å². The van der Waals surface area contributed by atoms with Gasteiger partial charge in [-0.15, -0.1) is 0 Å². The van der Waals surface area contributed by atoms with E-state index in [0.29, 0.717) is 51.2 Å². The number of carbonyl (C=O) groups excluding carboxylic acids is 2. The second-order valence-corrected chi connectivity index (χ2v) is 8.94. The van der Waals surface area contributed by atoms with Gasteiger partial charge in [0.05, 0.1) is 17.2 Å². The number of alkyl halides is 3. The van der Waals surface area contributed by atoms with Gasteiger partial charge in [-0.25, -0.2) is 0 Å². The normalized spacial score (nSPS) is 20.1. The van der Waals surface area contributed by atoms with Crippen LogP contribution in [0.2, 0.25) is 0 Å². The zero-order chi connectivity index (χ0) is 24.4. The summed E-state index contributed by atoms with van der Waals surface area (Å²) in [5.74, 6) is -0.362. The summed E-state index contributed by atoms with van der Waals surface area (Å²) in [4.78, 5) is 30.5. The van der Waals surface area contributed by atoms with Crippen LogP contribution in [0.4, 0.5) is 18.9 Å². The molecule has 2 heterocycles. The summed E-state index contributed by atoms with van der Waals surface area (Å²) in [5, 5.41) is 9.02. The molecule has 3 rings (SSSR count). The summed E-state index contributed by atoms with van der Waals surface area (Å²) in [6.07, 6.45) is -2.80. The Morgan fingerprint density at radius 1 is 1.27 bits per heavy atom. The van der Waals surface area contributed by atoms with Gasteiger partial charge in [0, 0.05) is 46.0 Å². The number of rotatable bonds is 5. The van der Waals surface area contributed by atoms with E-state index in [1.807, 2.05) is 4.90 Å². The van der Waals surface area contributed by atoms with E-state index in [9.17, 15) is 22.8 Å². The van der Waals surface area contributed by atoms with E-state index in [1.54, 1.807) is 32.0 Å². The number of ether oxygens (including phenoxy) is 1. The molecule has 2 saturated heterocycles. The van der Waals surface area contributed by atoms with Gasteiger partial charge < -0.3 is 19.4 Å². The number of piperidine rings is 1. The minimum absolute atomic E-state index is 0.0820. The first-order valence-corrected chi connectivity index (χ1v) is 11.0. The van der Waals surface area contributed by atoms with Gasteiger partial charge in [-0.3, -0.25) is 9.59 Å². The number of nitriles is 1. The fourth-order valence-electron chi connectivity index (χ4n) is 4.77. The fraction of sp³-hybridized carbons (Fsp3) is 0.609. The molecule has 10 heteroatoms. The number of halogens is 3. The number of likely N-dealkylation sites (N-methyl/N-ethyl adjacent to an activating group) is 1. The second-order valence-electron chi connectivity index (χ2n) is 8.94. The van der Waals surface area contributed by atoms with Crippen LogP contribution in [-0.2, 0) is 20.5 Å². The van der Waals surface area contributed by atoms with E-state index in [0.717, 1.165) is 6.07 Å². The number of nitrogens with zero attached hydrogens (tertiary/aromatic N) is 4. The molecule has 2 aliphatic rings. The van der Waals surface area contributed by atoms with Gasteiger partial charge in [-0.1, -0.05) is 0 Å². The van der Waals surface area contributed by atoms with Crippen molar-refractivity contribution in [1.29, 1.82) is 5.26 Å². The topological polar surface area (TPSA) is 76.9 Å². The lowest BCUT2D eigenvalue weighted by atomic mass is 9.76. The van der Waals surface area contributed by atoms with Crippen molar-refractivity contribution in [1.82, 2.24) is 9.80 Å². The van der Waals surface area contributed by atoms with Crippen LogP contribution >= 0.6 is 0 Å².